The van der Waals surface area contributed by atoms with E-state index in [1.165, 1.54) is 20.5 Å². The number of halogens is 1. The van der Waals surface area contributed by atoms with E-state index in [2.05, 4.69) is 10.6 Å². The molecule has 0 radical (unpaired) electrons. The van der Waals surface area contributed by atoms with E-state index in [1.807, 2.05) is 4.90 Å². The van der Waals surface area contributed by atoms with Crippen molar-refractivity contribution in [3.63, 3.8) is 0 Å². The van der Waals surface area contributed by atoms with Crippen LogP contribution >= 0.6 is 12.4 Å². The standard InChI is InChI=1S/C21H25N3O5.ClH/c1-27-18-10-15(21(26)24-13-5-6-14(24)12-22-8-7-13)16(11-19(18)28-2)23-20(25)17-4-3-9-29-17;/h3-4,9-11,13-14,22H,5-8,12H2,1-2H3,(H,23,25);1H. The molecule has 3 heterocycles. The summed E-state index contributed by atoms with van der Waals surface area (Å²) in [5.74, 6) is 0.484. The zero-order valence-corrected chi connectivity index (χ0v) is 17.8. The first-order valence-electron chi connectivity index (χ1n) is 9.76. The van der Waals surface area contributed by atoms with E-state index in [1.54, 1.807) is 24.3 Å². The molecule has 2 saturated heterocycles. The van der Waals surface area contributed by atoms with Crippen LogP contribution < -0.4 is 20.1 Å². The van der Waals surface area contributed by atoms with Crippen molar-refractivity contribution in [2.45, 2.75) is 31.3 Å². The lowest BCUT2D eigenvalue weighted by molar-refractivity contribution is 0.0681. The second kappa shape index (κ2) is 9.40. The van der Waals surface area contributed by atoms with E-state index in [4.69, 9.17) is 13.9 Å². The summed E-state index contributed by atoms with van der Waals surface area (Å²) in [6.45, 7) is 1.68. The van der Waals surface area contributed by atoms with Crippen LogP contribution in [0.5, 0.6) is 11.5 Å². The maximum absolute atomic E-state index is 13.6. The van der Waals surface area contributed by atoms with Gasteiger partial charge in [-0.05, 0) is 44.0 Å². The van der Waals surface area contributed by atoms with Crippen molar-refractivity contribution < 1.29 is 23.5 Å². The van der Waals surface area contributed by atoms with Gasteiger partial charge < -0.3 is 29.4 Å². The highest BCUT2D eigenvalue weighted by Crippen LogP contribution is 2.37. The Morgan fingerprint density at radius 2 is 1.87 bits per heavy atom. The second-order valence-electron chi connectivity index (χ2n) is 7.27. The highest BCUT2D eigenvalue weighted by atomic mass is 35.5. The molecule has 8 nitrogen and oxygen atoms in total. The molecule has 0 saturated carbocycles. The Morgan fingerprint density at radius 1 is 1.13 bits per heavy atom. The zero-order valence-electron chi connectivity index (χ0n) is 17.0. The molecule has 2 unspecified atom stereocenters. The van der Waals surface area contributed by atoms with E-state index >= 15 is 0 Å². The van der Waals surface area contributed by atoms with Crippen LogP contribution in [0.25, 0.3) is 0 Å². The minimum atomic E-state index is -0.434. The maximum atomic E-state index is 13.6. The lowest BCUT2D eigenvalue weighted by atomic mass is 10.1. The molecule has 2 bridgehead atoms. The SMILES string of the molecule is COc1cc(NC(=O)c2ccco2)c(C(=O)N2C3CCNCC2CC3)cc1OC.Cl. The minimum Gasteiger partial charge on any atom is -0.493 e. The molecule has 2 atom stereocenters. The summed E-state index contributed by atoms with van der Waals surface area (Å²) in [6.07, 6.45) is 4.32. The van der Waals surface area contributed by atoms with Crippen LogP contribution in [0.1, 0.15) is 40.2 Å². The molecule has 0 spiro atoms. The van der Waals surface area contributed by atoms with Gasteiger partial charge in [-0.1, -0.05) is 0 Å². The molecule has 2 amide bonds. The van der Waals surface area contributed by atoms with Crippen LogP contribution in [0.4, 0.5) is 5.69 Å². The van der Waals surface area contributed by atoms with E-state index in [-0.39, 0.29) is 36.2 Å². The quantitative estimate of drug-likeness (QED) is 0.750. The number of fused-ring (bicyclic) bond motifs is 2. The molecule has 0 aliphatic carbocycles. The number of nitrogens with one attached hydrogen (secondary N) is 2. The van der Waals surface area contributed by atoms with E-state index < -0.39 is 5.91 Å². The topological polar surface area (TPSA) is 93.0 Å². The molecule has 2 fully saturated rings. The molecule has 1 aromatic carbocycles. The number of hydrogen-bond donors (Lipinski definition) is 2. The average molecular weight is 436 g/mol. The normalized spacial score (nSPS) is 20.1. The molecular weight excluding hydrogens is 410 g/mol. The fourth-order valence-electron chi connectivity index (χ4n) is 4.20. The highest BCUT2D eigenvalue weighted by Gasteiger charge is 2.39. The fourth-order valence-corrected chi connectivity index (χ4v) is 4.20. The number of benzene rings is 1. The molecule has 9 heteroatoms. The van der Waals surface area contributed by atoms with Gasteiger partial charge in [-0.25, -0.2) is 0 Å². The molecule has 2 N–H and O–H groups in total. The Bertz CT molecular complexity index is 888. The summed E-state index contributed by atoms with van der Waals surface area (Å²) in [5, 5.41) is 6.19. The van der Waals surface area contributed by atoms with Gasteiger partial charge in [0.15, 0.2) is 17.3 Å². The van der Waals surface area contributed by atoms with Crippen molar-refractivity contribution in [3.05, 3.63) is 41.9 Å². The smallest absolute Gasteiger partial charge is 0.291 e. The first-order valence-corrected chi connectivity index (χ1v) is 9.76. The van der Waals surface area contributed by atoms with Crippen molar-refractivity contribution in [2.24, 2.45) is 0 Å². The minimum absolute atomic E-state index is 0. The number of anilines is 1. The van der Waals surface area contributed by atoms with Crippen LogP contribution in [-0.4, -0.2) is 56.1 Å². The van der Waals surface area contributed by atoms with Gasteiger partial charge in [0, 0.05) is 24.7 Å². The van der Waals surface area contributed by atoms with Gasteiger partial charge in [0.1, 0.15) is 0 Å². The number of furan rings is 1. The van der Waals surface area contributed by atoms with Crippen LogP contribution in [0.2, 0.25) is 0 Å². The number of hydrogen-bond acceptors (Lipinski definition) is 6. The molecule has 1 aromatic heterocycles. The van der Waals surface area contributed by atoms with Crippen LogP contribution in [0.15, 0.2) is 34.9 Å². The average Bonchev–Trinajstić information content (AvgIpc) is 3.34. The lowest BCUT2D eigenvalue weighted by Crippen LogP contribution is -2.42. The molecule has 2 aliphatic rings. The number of rotatable bonds is 5. The summed E-state index contributed by atoms with van der Waals surface area (Å²) >= 11 is 0. The van der Waals surface area contributed by atoms with Crippen LogP contribution in [0.3, 0.4) is 0 Å². The predicted octanol–water partition coefficient (Wildman–Crippen LogP) is 2.94. The third-order valence-electron chi connectivity index (χ3n) is 5.64. The first kappa shape index (κ1) is 22.0. The Morgan fingerprint density at radius 3 is 2.57 bits per heavy atom. The van der Waals surface area contributed by atoms with Gasteiger partial charge in [0.25, 0.3) is 11.8 Å². The fraction of sp³-hybridized carbons (Fsp3) is 0.429. The predicted molar refractivity (Wildman–Crippen MR) is 114 cm³/mol. The Balaban J connectivity index is 0.00000256. The molecule has 2 aromatic rings. The third kappa shape index (κ3) is 4.11. The summed E-state index contributed by atoms with van der Waals surface area (Å²) in [7, 11) is 3.03. The number of amides is 2. The Hall–Kier alpha value is -2.71. The van der Waals surface area contributed by atoms with Crippen molar-refractivity contribution >= 4 is 29.9 Å². The van der Waals surface area contributed by atoms with Gasteiger partial charge in [-0.3, -0.25) is 9.59 Å². The molecule has 162 valence electrons. The Kier molecular flexibility index (Phi) is 6.89. The molecular formula is C21H26ClN3O5. The largest absolute Gasteiger partial charge is 0.493 e. The van der Waals surface area contributed by atoms with E-state index in [0.717, 1.165) is 32.4 Å². The van der Waals surface area contributed by atoms with Gasteiger partial charge in [0.2, 0.25) is 0 Å². The monoisotopic (exact) mass is 435 g/mol. The molecule has 4 rings (SSSR count). The van der Waals surface area contributed by atoms with Crippen molar-refractivity contribution in [3.8, 4) is 11.5 Å². The van der Waals surface area contributed by atoms with Crippen molar-refractivity contribution in [2.75, 3.05) is 32.6 Å². The first-order chi connectivity index (χ1) is 14.1. The van der Waals surface area contributed by atoms with Crippen LogP contribution in [-0.2, 0) is 0 Å². The summed E-state index contributed by atoms with van der Waals surface area (Å²) in [4.78, 5) is 28.1. The molecule has 30 heavy (non-hydrogen) atoms. The zero-order chi connectivity index (χ0) is 20.4. The highest BCUT2D eigenvalue weighted by molar-refractivity contribution is 6.08. The van der Waals surface area contributed by atoms with Gasteiger partial charge >= 0.3 is 0 Å². The Labute approximate surface area is 181 Å². The maximum Gasteiger partial charge on any atom is 0.291 e. The van der Waals surface area contributed by atoms with Gasteiger partial charge in [-0.15, -0.1) is 12.4 Å². The summed E-state index contributed by atoms with van der Waals surface area (Å²) in [5.41, 5.74) is 0.743. The number of carbonyl (C=O) groups is 2. The summed E-state index contributed by atoms with van der Waals surface area (Å²) in [6, 6.07) is 6.80. The van der Waals surface area contributed by atoms with Crippen molar-refractivity contribution in [1.82, 2.24) is 10.2 Å². The van der Waals surface area contributed by atoms with Crippen LogP contribution in [0, 0.1) is 0 Å². The number of ether oxygens (including phenoxy) is 2. The molecule has 2 aliphatic heterocycles. The second-order valence-corrected chi connectivity index (χ2v) is 7.27. The van der Waals surface area contributed by atoms with Crippen molar-refractivity contribution in [1.29, 1.82) is 0 Å². The van der Waals surface area contributed by atoms with E-state index in [0.29, 0.717) is 22.7 Å². The number of carbonyl (C=O) groups excluding carboxylic acids is 2. The van der Waals surface area contributed by atoms with Gasteiger partial charge in [-0.2, -0.15) is 0 Å². The third-order valence-corrected chi connectivity index (χ3v) is 5.64. The number of nitrogens with zero attached hydrogens (tertiary/aromatic N) is 1. The summed E-state index contributed by atoms with van der Waals surface area (Å²) < 4.78 is 15.9. The van der Waals surface area contributed by atoms with Gasteiger partial charge in [0.05, 0.1) is 31.7 Å². The lowest BCUT2D eigenvalue weighted by Gasteiger charge is -2.29. The number of methoxy groups -OCH3 is 2. The van der Waals surface area contributed by atoms with E-state index in [9.17, 15) is 9.59 Å².